The summed E-state index contributed by atoms with van der Waals surface area (Å²) < 4.78 is 20.9. The third kappa shape index (κ3) is 8.20. The van der Waals surface area contributed by atoms with Gasteiger partial charge in [-0.05, 0) is 79.1 Å². The number of H-pyrrole nitrogens is 2. The second-order valence-corrected chi connectivity index (χ2v) is 15.2. The minimum Gasteiger partial charge on any atom is -0.436 e. The number of hydrogen-bond acceptors (Lipinski definition) is 7. The number of nitrogens with one attached hydrogen (secondary N) is 2. The van der Waals surface area contributed by atoms with Crippen molar-refractivity contribution < 1.29 is 23.5 Å². The Bertz CT molecular complexity index is 2180. The van der Waals surface area contributed by atoms with Gasteiger partial charge >= 0.3 is 6.09 Å². The summed E-state index contributed by atoms with van der Waals surface area (Å²) in [6, 6.07) is 22.1. The standard InChI is InChI=1S/C44H51FN8O4/c1-5-51(6-2)38(30-12-8-7-9-13-30)42(54)52-22-10-14-36(52)40-47-25-34(49-40)29-18-16-28(17-19-29)31-20-21-32(33(45)24-31)35-26-48-41(50-35)37-15-11-23-53(37)43(55)39(27(3)4)57-44(46)56/h7-9,12-13,16-21,24-27,36-39H,5-6,10-11,14-15,22-23H2,1-4H3,(H2,46,56)(H,47,49)(H,48,50)/t36-,37-,38+,39-/m0/s1. The van der Waals surface area contributed by atoms with Crippen LogP contribution in [0.3, 0.4) is 0 Å². The van der Waals surface area contributed by atoms with E-state index < -0.39 is 18.0 Å². The van der Waals surface area contributed by atoms with Gasteiger partial charge in [-0.25, -0.2) is 19.2 Å². The zero-order chi connectivity index (χ0) is 40.2. The molecule has 5 aromatic rings. The Morgan fingerprint density at radius 2 is 1.37 bits per heavy atom. The molecule has 7 rings (SSSR count). The van der Waals surface area contributed by atoms with Gasteiger partial charge in [-0.15, -0.1) is 0 Å². The third-order valence-corrected chi connectivity index (χ3v) is 11.3. The Morgan fingerprint density at radius 1 is 0.807 bits per heavy atom. The molecular weight excluding hydrogens is 724 g/mol. The normalized spacial score (nSPS) is 18.0. The SMILES string of the molecule is CCN(CC)[C@@H](C(=O)N1CCC[C@H]1c1ncc(-c2ccc(-c3ccc(-c4cnc([C@@H]5CCCN5C(=O)[C@@H](OC(N)=O)C(C)C)[nH]4)c(F)c3)cc2)[nH]1)c1ccccc1. The van der Waals surface area contributed by atoms with Crippen LogP contribution in [0.25, 0.3) is 33.6 Å². The van der Waals surface area contributed by atoms with E-state index in [9.17, 15) is 14.4 Å². The average Bonchev–Trinajstić information content (AvgIpc) is 4.06. The van der Waals surface area contributed by atoms with Crippen LogP contribution in [-0.2, 0) is 14.3 Å². The number of hydrogen-bond donors (Lipinski definition) is 3. The summed E-state index contributed by atoms with van der Waals surface area (Å²) in [5, 5.41) is 0. The number of nitrogens with zero attached hydrogens (tertiary/aromatic N) is 5. The summed E-state index contributed by atoms with van der Waals surface area (Å²) in [5.74, 6) is 0.418. The molecule has 13 heteroatoms. The van der Waals surface area contributed by atoms with Crippen molar-refractivity contribution in [3.63, 3.8) is 0 Å². The number of nitrogens with two attached hydrogens (primary N) is 1. The monoisotopic (exact) mass is 774 g/mol. The fourth-order valence-electron chi connectivity index (χ4n) is 8.33. The summed E-state index contributed by atoms with van der Waals surface area (Å²) >= 11 is 0. The molecule has 0 unspecified atom stereocenters. The Labute approximate surface area is 332 Å². The maximum Gasteiger partial charge on any atom is 0.405 e. The van der Waals surface area contributed by atoms with Crippen LogP contribution in [-0.4, -0.2) is 84.8 Å². The summed E-state index contributed by atoms with van der Waals surface area (Å²) in [7, 11) is 0. The molecule has 2 saturated heterocycles. The van der Waals surface area contributed by atoms with E-state index in [0.29, 0.717) is 36.6 Å². The number of benzene rings is 3. The lowest BCUT2D eigenvalue weighted by atomic mass is 10.0. The maximum atomic E-state index is 15.7. The Hall–Kier alpha value is -5.82. The van der Waals surface area contributed by atoms with Crippen LogP contribution in [0.4, 0.5) is 9.18 Å². The highest BCUT2D eigenvalue weighted by Crippen LogP contribution is 2.37. The van der Waals surface area contributed by atoms with Gasteiger partial charge in [-0.2, -0.15) is 0 Å². The molecule has 2 aliphatic rings. The number of primary amides is 1. The molecule has 4 heterocycles. The van der Waals surface area contributed by atoms with Crippen LogP contribution in [0.1, 0.15) is 88.7 Å². The summed E-state index contributed by atoms with van der Waals surface area (Å²) in [4.78, 5) is 60.9. The van der Waals surface area contributed by atoms with Crippen LogP contribution in [0.5, 0.6) is 0 Å². The lowest BCUT2D eigenvalue weighted by Gasteiger charge is -2.34. The topological polar surface area (TPSA) is 154 Å². The van der Waals surface area contributed by atoms with Crippen molar-refractivity contribution in [2.75, 3.05) is 26.2 Å². The van der Waals surface area contributed by atoms with Crippen molar-refractivity contribution in [1.29, 1.82) is 0 Å². The van der Waals surface area contributed by atoms with Crippen LogP contribution >= 0.6 is 0 Å². The van der Waals surface area contributed by atoms with Crippen LogP contribution in [0.15, 0.2) is 85.2 Å². The molecule has 0 radical (unpaired) electrons. The highest BCUT2D eigenvalue weighted by Gasteiger charge is 2.39. The number of halogens is 1. The number of likely N-dealkylation sites (tertiary alicyclic amines) is 2. The van der Waals surface area contributed by atoms with Gasteiger partial charge < -0.3 is 30.2 Å². The van der Waals surface area contributed by atoms with E-state index in [4.69, 9.17) is 15.5 Å². The first-order chi connectivity index (χ1) is 27.6. The molecule has 2 aliphatic heterocycles. The first-order valence-electron chi connectivity index (χ1n) is 19.9. The van der Waals surface area contributed by atoms with Gasteiger partial charge in [0, 0.05) is 18.7 Å². The quantitative estimate of drug-likeness (QED) is 0.110. The van der Waals surface area contributed by atoms with E-state index in [1.165, 1.54) is 6.07 Å². The molecule has 4 atom stereocenters. The molecule has 2 fully saturated rings. The smallest absolute Gasteiger partial charge is 0.405 e. The molecule has 0 aliphatic carbocycles. The summed E-state index contributed by atoms with van der Waals surface area (Å²) in [5.41, 5.74) is 10.4. The van der Waals surface area contributed by atoms with Crippen molar-refractivity contribution in [2.24, 2.45) is 11.7 Å². The second kappa shape index (κ2) is 17.1. The van der Waals surface area contributed by atoms with Crippen LogP contribution < -0.4 is 5.73 Å². The number of aromatic amines is 2. The fourth-order valence-corrected chi connectivity index (χ4v) is 8.33. The largest absolute Gasteiger partial charge is 0.436 e. The van der Waals surface area contributed by atoms with Crippen molar-refractivity contribution in [2.45, 2.75) is 77.6 Å². The number of imidazole rings is 2. The number of amides is 3. The van der Waals surface area contributed by atoms with Crippen molar-refractivity contribution in [1.82, 2.24) is 34.6 Å². The van der Waals surface area contributed by atoms with E-state index in [2.05, 4.69) is 33.7 Å². The van der Waals surface area contributed by atoms with Gasteiger partial charge in [0.2, 0.25) is 5.91 Å². The third-order valence-electron chi connectivity index (χ3n) is 11.3. The second-order valence-electron chi connectivity index (χ2n) is 15.2. The number of carbonyl (C=O) groups excluding carboxylic acids is 3. The zero-order valence-corrected chi connectivity index (χ0v) is 33.0. The Morgan fingerprint density at radius 3 is 1.95 bits per heavy atom. The predicted molar refractivity (Wildman–Crippen MR) is 216 cm³/mol. The van der Waals surface area contributed by atoms with Gasteiger partial charge in [0.1, 0.15) is 23.5 Å². The Kier molecular flexibility index (Phi) is 11.8. The molecule has 0 spiro atoms. The molecule has 4 N–H and O–H groups in total. The minimum absolute atomic E-state index is 0.0990. The van der Waals surface area contributed by atoms with Crippen LogP contribution in [0.2, 0.25) is 0 Å². The van der Waals surface area contributed by atoms with E-state index in [1.54, 1.807) is 31.0 Å². The van der Waals surface area contributed by atoms with E-state index in [-0.39, 0.29) is 35.9 Å². The Balaban J connectivity index is 1.04. The highest BCUT2D eigenvalue weighted by atomic mass is 19.1. The first-order valence-corrected chi connectivity index (χ1v) is 19.9. The average molecular weight is 775 g/mol. The van der Waals surface area contributed by atoms with Crippen LogP contribution in [0, 0.1) is 11.7 Å². The number of ether oxygens (including phenoxy) is 1. The minimum atomic E-state index is -0.996. The van der Waals surface area contributed by atoms with Gasteiger partial charge in [0.15, 0.2) is 6.10 Å². The number of aromatic nitrogens is 4. The molecule has 2 aromatic heterocycles. The van der Waals surface area contributed by atoms with Crippen molar-refractivity contribution in [3.05, 3.63) is 108 Å². The number of rotatable bonds is 13. The highest BCUT2D eigenvalue weighted by molar-refractivity contribution is 5.85. The molecule has 57 heavy (non-hydrogen) atoms. The van der Waals surface area contributed by atoms with Gasteiger partial charge in [-0.1, -0.05) is 88.4 Å². The molecule has 0 saturated carbocycles. The number of likely N-dealkylation sites (N-methyl/N-ethyl adjacent to an activating group) is 1. The van der Waals surface area contributed by atoms with E-state index in [1.807, 2.05) is 71.8 Å². The van der Waals surface area contributed by atoms with Gasteiger partial charge in [0.25, 0.3) is 5.91 Å². The maximum absolute atomic E-state index is 15.7. The number of carbonyl (C=O) groups is 3. The summed E-state index contributed by atoms with van der Waals surface area (Å²) in [6.07, 6.45) is 4.57. The first kappa shape index (κ1) is 39.4. The molecule has 0 bridgehead atoms. The lowest BCUT2D eigenvalue weighted by Crippen LogP contribution is -2.44. The summed E-state index contributed by atoms with van der Waals surface area (Å²) in [6.45, 7) is 10.5. The molecule has 3 aromatic carbocycles. The predicted octanol–water partition coefficient (Wildman–Crippen LogP) is 7.80. The van der Waals surface area contributed by atoms with E-state index in [0.717, 1.165) is 66.1 Å². The van der Waals surface area contributed by atoms with E-state index >= 15 is 4.39 Å². The van der Waals surface area contributed by atoms with Crippen molar-refractivity contribution >= 4 is 17.9 Å². The lowest BCUT2D eigenvalue weighted by molar-refractivity contribution is -0.143. The van der Waals surface area contributed by atoms with Gasteiger partial charge in [0.05, 0.1) is 35.9 Å². The fraction of sp³-hybridized carbons (Fsp3) is 0.386. The van der Waals surface area contributed by atoms with Crippen molar-refractivity contribution in [3.8, 4) is 33.6 Å². The molecular formula is C44H51FN8O4. The molecule has 3 amide bonds. The molecule has 12 nitrogen and oxygen atoms in total. The molecule has 298 valence electrons. The zero-order valence-electron chi connectivity index (χ0n) is 33.0. The van der Waals surface area contributed by atoms with Gasteiger partial charge in [-0.3, -0.25) is 14.5 Å².